The molecular formula is C14H8BO2. The highest BCUT2D eigenvalue weighted by Gasteiger charge is 2.23. The van der Waals surface area contributed by atoms with Crippen LogP contribution < -0.4 is 10.9 Å². The molecule has 0 fully saturated rings. The predicted molar refractivity (Wildman–Crippen MR) is 66.7 cm³/mol. The summed E-state index contributed by atoms with van der Waals surface area (Å²) in [5.41, 5.74) is 3.64. The van der Waals surface area contributed by atoms with Gasteiger partial charge in [0, 0.05) is 16.7 Å². The van der Waals surface area contributed by atoms with E-state index >= 15 is 0 Å². The first kappa shape index (κ1) is 10.0. The van der Waals surface area contributed by atoms with E-state index in [4.69, 9.17) is 0 Å². The Labute approximate surface area is 99.5 Å². The second-order valence-electron chi connectivity index (χ2n) is 4.03. The fourth-order valence-electron chi connectivity index (χ4n) is 2.11. The number of benzene rings is 2. The number of fused-ring (bicyclic) bond motifs is 2. The van der Waals surface area contributed by atoms with Gasteiger partial charge in [0.25, 0.3) is 0 Å². The molecule has 3 heteroatoms. The molecule has 0 N–H and O–H groups in total. The Morgan fingerprint density at radius 1 is 0.941 bits per heavy atom. The summed E-state index contributed by atoms with van der Waals surface area (Å²) in [5, 5.41) is 0. The highest BCUT2D eigenvalue weighted by Crippen LogP contribution is 2.12. The average molecular weight is 219 g/mol. The first-order chi connectivity index (χ1) is 8.29. The van der Waals surface area contributed by atoms with Crippen LogP contribution in [0.3, 0.4) is 0 Å². The smallest absolute Gasteiger partial charge is 0.193 e. The van der Waals surface area contributed by atoms with Crippen molar-refractivity contribution in [3.63, 3.8) is 0 Å². The number of rotatable bonds is 1. The SMILES string of the molecule is O=Cc1ccc2c(c1)C(=O)c1ccccc1[B]2. The van der Waals surface area contributed by atoms with E-state index in [-0.39, 0.29) is 5.78 Å². The molecule has 1 aliphatic heterocycles. The molecule has 79 valence electrons. The van der Waals surface area contributed by atoms with Crippen LogP contribution >= 0.6 is 0 Å². The van der Waals surface area contributed by atoms with Crippen LogP contribution in [0.4, 0.5) is 0 Å². The number of aldehydes is 1. The normalized spacial score (nSPS) is 12.4. The standard InChI is InChI=1S/C14H8BO2/c16-8-9-5-6-13-11(7-9)14(17)10-3-1-2-4-12(10)15-13/h1-8H. The van der Waals surface area contributed by atoms with Crippen molar-refractivity contribution in [2.45, 2.75) is 0 Å². The van der Waals surface area contributed by atoms with E-state index in [9.17, 15) is 9.59 Å². The summed E-state index contributed by atoms with van der Waals surface area (Å²) in [4.78, 5) is 23.0. The molecule has 0 aromatic heterocycles. The van der Waals surface area contributed by atoms with Crippen LogP contribution in [0.2, 0.25) is 0 Å². The summed E-state index contributed by atoms with van der Waals surface area (Å²) in [6.45, 7) is 0. The van der Waals surface area contributed by atoms with Gasteiger partial charge in [0.05, 0.1) is 0 Å². The van der Waals surface area contributed by atoms with Crippen molar-refractivity contribution in [2.24, 2.45) is 0 Å². The third kappa shape index (κ3) is 1.51. The fraction of sp³-hybridized carbons (Fsp3) is 0. The zero-order chi connectivity index (χ0) is 11.8. The lowest BCUT2D eigenvalue weighted by atomic mass is 9.56. The Morgan fingerprint density at radius 2 is 1.71 bits per heavy atom. The van der Waals surface area contributed by atoms with Gasteiger partial charge < -0.3 is 0 Å². The van der Waals surface area contributed by atoms with Gasteiger partial charge in [0.15, 0.2) is 13.1 Å². The van der Waals surface area contributed by atoms with Gasteiger partial charge in [-0.25, -0.2) is 0 Å². The molecule has 1 aliphatic rings. The molecule has 0 saturated carbocycles. The van der Waals surface area contributed by atoms with E-state index in [1.807, 2.05) is 37.6 Å². The molecule has 3 rings (SSSR count). The van der Waals surface area contributed by atoms with E-state index in [1.165, 1.54) is 0 Å². The van der Waals surface area contributed by atoms with Crippen LogP contribution in [0, 0.1) is 0 Å². The molecule has 0 amide bonds. The Kier molecular flexibility index (Phi) is 2.18. The maximum absolute atomic E-state index is 12.2. The molecule has 1 radical (unpaired) electrons. The molecule has 2 aromatic carbocycles. The lowest BCUT2D eigenvalue weighted by Gasteiger charge is -2.17. The van der Waals surface area contributed by atoms with Crippen LogP contribution in [-0.2, 0) is 0 Å². The largest absolute Gasteiger partial charge is 0.298 e. The van der Waals surface area contributed by atoms with Crippen molar-refractivity contribution >= 4 is 30.3 Å². The minimum absolute atomic E-state index is 0.0122. The van der Waals surface area contributed by atoms with Gasteiger partial charge >= 0.3 is 0 Å². The molecule has 0 atom stereocenters. The summed E-state index contributed by atoms with van der Waals surface area (Å²) < 4.78 is 0. The second kappa shape index (κ2) is 3.70. The summed E-state index contributed by atoms with van der Waals surface area (Å²) in [6.07, 6.45) is 0.758. The lowest BCUT2D eigenvalue weighted by Crippen LogP contribution is -2.40. The van der Waals surface area contributed by atoms with E-state index < -0.39 is 0 Å². The van der Waals surface area contributed by atoms with Crippen molar-refractivity contribution < 1.29 is 9.59 Å². The molecule has 0 spiro atoms. The monoisotopic (exact) mass is 219 g/mol. The third-order valence-electron chi connectivity index (χ3n) is 2.97. The van der Waals surface area contributed by atoms with Gasteiger partial charge in [-0.2, -0.15) is 0 Å². The van der Waals surface area contributed by atoms with Crippen molar-refractivity contribution in [1.82, 2.24) is 0 Å². The minimum Gasteiger partial charge on any atom is -0.298 e. The van der Waals surface area contributed by atoms with Crippen LogP contribution in [0.1, 0.15) is 26.3 Å². The van der Waals surface area contributed by atoms with E-state index in [1.54, 1.807) is 12.1 Å². The summed E-state index contributed by atoms with van der Waals surface area (Å²) in [5.74, 6) is -0.0122. The Hall–Kier alpha value is -2.16. The fourth-order valence-corrected chi connectivity index (χ4v) is 2.11. The van der Waals surface area contributed by atoms with Crippen LogP contribution in [0.5, 0.6) is 0 Å². The predicted octanol–water partition coefficient (Wildman–Crippen LogP) is 0.699. The zero-order valence-electron chi connectivity index (χ0n) is 9.01. The van der Waals surface area contributed by atoms with Gasteiger partial charge in [-0.1, -0.05) is 47.3 Å². The van der Waals surface area contributed by atoms with Crippen molar-refractivity contribution in [3.8, 4) is 0 Å². The highest BCUT2D eigenvalue weighted by molar-refractivity contribution is 6.72. The Morgan fingerprint density at radius 3 is 2.53 bits per heavy atom. The number of hydrogen-bond donors (Lipinski definition) is 0. The molecule has 1 heterocycles. The van der Waals surface area contributed by atoms with Crippen molar-refractivity contribution in [3.05, 3.63) is 59.2 Å². The van der Waals surface area contributed by atoms with Gasteiger partial charge in [-0.05, 0) is 6.07 Å². The van der Waals surface area contributed by atoms with E-state index in [0.717, 1.165) is 17.2 Å². The lowest BCUT2D eigenvalue weighted by molar-refractivity contribution is 0.104. The quantitative estimate of drug-likeness (QED) is 0.446. The van der Waals surface area contributed by atoms with E-state index in [0.29, 0.717) is 16.7 Å². The van der Waals surface area contributed by atoms with Crippen LogP contribution in [0.25, 0.3) is 0 Å². The summed E-state index contributed by atoms with van der Waals surface area (Å²) in [6, 6.07) is 12.7. The Balaban J connectivity index is 2.20. The summed E-state index contributed by atoms with van der Waals surface area (Å²) >= 11 is 0. The summed E-state index contributed by atoms with van der Waals surface area (Å²) in [7, 11) is 1.97. The minimum atomic E-state index is -0.0122. The number of ketones is 1. The second-order valence-corrected chi connectivity index (χ2v) is 4.03. The van der Waals surface area contributed by atoms with Crippen molar-refractivity contribution in [1.29, 1.82) is 0 Å². The first-order valence-electron chi connectivity index (χ1n) is 5.37. The van der Waals surface area contributed by atoms with Crippen molar-refractivity contribution in [2.75, 3.05) is 0 Å². The molecule has 0 saturated heterocycles. The number of hydrogen-bond acceptors (Lipinski definition) is 2. The Bertz CT molecular complexity index is 632. The van der Waals surface area contributed by atoms with Gasteiger partial charge in [-0.3, -0.25) is 9.59 Å². The highest BCUT2D eigenvalue weighted by atomic mass is 16.1. The maximum atomic E-state index is 12.2. The number of carbonyl (C=O) groups excluding carboxylic acids is 2. The molecule has 17 heavy (non-hydrogen) atoms. The first-order valence-corrected chi connectivity index (χ1v) is 5.37. The molecule has 0 aliphatic carbocycles. The van der Waals surface area contributed by atoms with Gasteiger partial charge in [0.2, 0.25) is 0 Å². The topological polar surface area (TPSA) is 34.1 Å². The molecule has 2 nitrogen and oxygen atoms in total. The molecule has 0 bridgehead atoms. The third-order valence-corrected chi connectivity index (χ3v) is 2.97. The maximum Gasteiger partial charge on any atom is 0.193 e. The van der Waals surface area contributed by atoms with E-state index in [2.05, 4.69) is 0 Å². The number of carbonyl (C=O) groups is 2. The zero-order valence-corrected chi connectivity index (χ0v) is 9.01. The molecule has 0 unspecified atom stereocenters. The van der Waals surface area contributed by atoms with Crippen LogP contribution in [0.15, 0.2) is 42.5 Å². The molecular weight excluding hydrogens is 211 g/mol. The molecule has 2 aromatic rings. The van der Waals surface area contributed by atoms with Gasteiger partial charge in [-0.15, -0.1) is 0 Å². The van der Waals surface area contributed by atoms with Gasteiger partial charge in [0.1, 0.15) is 6.29 Å². The average Bonchev–Trinajstić information content (AvgIpc) is 2.39. The van der Waals surface area contributed by atoms with Crippen LogP contribution in [-0.4, -0.2) is 19.3 Å².